The number of carbonyl (C=O) groups excluding carboxylic acids is 1. The molecule has 4 rings (SSSR count). The number of hydrogen-bond acceptors (Lipinski definition) is 5. The molecule has 30 heavy (non-hydrogen) atoms. The lowest BCUT2D eigenvalue weighted by Gasteiger charge is -2.10. The summed E-state index contributed by atoms with van der Waals surface area (Å²) < 4.78 is 5.81. The number of benzene rings is 2. The molecule has 2 aromatic heterocycles. The predicted molar refractivity (Wildman–Crippen MR) is 124 cm³/mol. The van der Waals surface area contributed by atoms with Gasteiger partial charge in [0.2, 0.25) is 5.91 Å². The average Bonchev–Trinajstić information content (AvgIpc) is 3.46. The van der Waals surface area contributed by atoms with Crippen molar-refractivity contribution in [2.24, 2.45) is 0 Å². The molecule has 0 spiro atoms. The highest BCUT2D eigenvalue weighted by atomic mass is 32.2. The Morgan fingerprint density at radius 2 is 1.90 bits per heavy atom. The zero-order chi connectivity index (χ0) is 20.6. The second kappa shape index (κ2) is 10.3. The first kappa shape index (κ1) is 20.4. The molecule has 4 aromatic rings. The number of thioether (sulfide) groups is 1. The second-order valence-corrected chi connectivity index (χ2v) is 8.60. The van der Waals surface area contributed by atoms with Crippen LogP contribution in [0.4, 0.5) is 5.69 Å². The van der Waals surface area contributed by atoms with Crippen molar-refractivity contribution in [1.29, 1.82) is 0 Å². The summed E-state index contributed by atoms with van der Waals surface area (Å²) in [7, 11) is 0. The van der Waals surface area contributed by atoms with E-state index in [4.69, 9.17) is 4.42 Å². The van der Waals surface area contributed by atoms with Crippen molar-refractivity contribution in [3.8, 4) is 11.3 Å². The SMILES string of the molecule is O=C(CCCc1ncc(-c2ccccc2)o1)Nc1ccccc1SCc1ccsc1. The third kappa shape index (κ3) is 5.62. The number of hydrogen-bond donors (Lipinski definition) is 1. The van der Waals surface area contributed by atoms with E-state index in [1.54, 1.807) is 29.3 Å². The number of para-hydroxylation sites is 1. The largest absolute Gasteiger partial charge is 0.441 e. The summed E-state index contributed by atoms with van der Waals surface area (Å²) in [5.74, 6) is 2.32. The lowest BCUT2D eigenvalue weighted by atomic mass is 10.2. The zero-order valence-corrected chi connectivity index (χ0v) is 18.0. The van der Waals surface area contributed by atoms with Gasteiger partial charge in [-0.3, -0.25) is 4.79 Å². The van der Waals surface area contributed by atoms with Gasteiger partial charge in [0.25, 0.3) is 0 Å². The highest BCUT2D eigenvalue weighted by Crippen LogP contribution is 2.30. The molecular weight excluding hydrogens is 412 g/mol. The summed E-state index contributed by atoms with van der Waals surface area (Å²) in [4.78, 5) is 17.9. The molecule has 0 bridgehead atoms. The Morgan fingerprint density at radius 3 is 2.73 bits per heavy atom. The lowest BCUT2D eigenvalue weighted by Crippen LogP contribution is -2.12. The van der Waals surface area contributed by atoms with Gasteiger partial charge in [-0.05, 0) is 40.9 Å². The number of carbonyl (C=O) groups is 1. The summed E-state index contributed by atoms with van der Waals surface area (Å²) in [5.41, 5.74) is 3.17. The van der Waals surface area contributed by atoms with Crippen molar-refractivity contribution < 1.29 is 9.21 Å². The Morgan fingerprint density at radius 1 is 1.07 bits per heavy atom. The average molecular weight is 435 g/mol. The van der Waals surface area contributed by atoms with Crippen LogP contribution in [0.3, 0.4) is 0 Å². The van der Waals surface area contributed by atoms with E-state index >= 15 is 0 Å². The molecule has 0 fully saturated rings. The number of aromatic nitrogens is 1. The molecule has 2 aromatic carbocycles. The van der Waals surface area contributed by atoms with Crippen molar-refractivity contribution >= 4 is 34.7 Å². The Hall–Kier alpha value is -2.83. The fraction of sp³-hybridized carbons (Fsp3) is 0.167. The van der Waals surface area contributed by atoms with Crippen LogP contribution in [0.1, 0.15) is 24.3 Å². The number of oxazole rings is 1. The van der Waals surface area contributed by atoms with Gasteiger partial charge in [0.1, 0.15) is 0 Å². The molecule has 0 saturated carbocycles. The maximum atomic E-state index is 12.4. The van der Waals surface area contributed by atoms with Gasteiger partial charge in [0, 0.05) is 29.1 Å². The van der Waals surface area contributed by atoms with E-state index in [-0.39, 0.29) is 5.91 Å². The van der Waals surface area contributed by atoms with Gasteiger partial charge in [-0.2, -0.15) is 11.3 Å². The van der Waals surface area contributed by atoms with Crippen molar-refractivity contribution in [3.05, 3.63) is 89.1 Å². The molecule has 0 aliphatic carbocycles. The zero-order valence-electron chi connectivity index (χ0n) is 16.4. The predicted octanol–water partition coefficient (Wildman–Crippen LogP) is 6.66. The van der Waals surface area contributed by atoms with Crippen molar-refractivity contribution in [2.75, 3.05) is 5.32 Å². The number of nitrogens with zero attached hydrogens (tertiary/aromatic N) is 1. The first-order valence-corrected chi connectivity index (χ1v) is 11.7. The van der Waals surface area contributed by atoms with Crippen LogP contribution in [0.5, 0.6) is 0 Å². The van der Waals surface area contributed by atoms with Gasteiger partial charge in [-0.1, -0.05) is 42.5 Å². The molecule has 0 aliphatic rings. The quantitative estimate of drug-likeness (QED) is 0.299. The van der Waals surface area contributed by atoms with Gasteiger partial charge in [-0.25, -0.2) is 4.98 Å². The number of aryl methyl sites for hydroxylation is 1. The first-order valence-electron chi connectivity index (χ1n) is 9.81. The molecular formula is C24H22N2O2S2. The van der Waals surface area contributed by atoms with E-state index < -0.39 is 0 Å². The molecule has 152 valence electrons. The molecule has 0 aliphatic heterocycles. The van der Waals surface area contributed by atoms with Crippen LogP contribution < -0.4 is 5.32 Å². The summed E-state index contributed by atoms with van der Waals surface area (Å²) in [6.07, 6.45) is 3.48. The summed E-state index contributed by atoms with van der Waals surface area (Å²) >= 11 is 3.44. The summed E-state index contributed by atoms with van der Waals surface area (Å²) in [5, 5.41) is 7.29. The minimum atomic E-state index is 0.00780. The van der Waals surface area contributed by atoms with Crippen LogP contribution in [-0.4, -0.2) is 10.9 Å². The maximum absolute atomic E-state index is 12.4. The van der Waals surface area contributed by atoms with Gasteiger partial charge in [-0.15, -0.1) is 11.8 Å². The molecule has 2 heterocycles. The minimum absolute atomic E-state index is 0.00780. The molecule has 0 unspecified atom stereocenters. The fourth-order valence-corrected chi connectivity index (χ4v) is 4.73. The standard InChI is InChI=1S/C24H22N2O2S2/c27-23(11-6-12-24-25-15-21(28-24)19-7-2-1-3-8-19)26-20-9-4-5-10-22(20)30-17-18-13-14-29-16-18/h1-5,7-10,13-16H,6,11-12,17H2,(H,26,27). The molecule has 0 radical (unpaired) electrons. The summed E-state index contributed by atoms with van der Waals surface area (Å²) in [6.45, 7) is 0. The molecule has 1 N–H and O–H groups in total. The molecule has 0 saturated heterocycles. The smallest absolute Gasteiger partial charge is 0.224 e. The Bertz CT molecular complexity index is 1080. The monoisotopic (exact) mass is 434 g/mol. The van der Waals surface area contributed by atoms with Crippen LogP contribution in [0.2, 0.25) is 0 Å². The van der Waals surface area contributed by atoms with E-state index in [1.807, 2.05) is 54.6 Å². The number of rotatable bonds is 9. The third-order valence-corrected chi connectivity index (χ3v) is 6.42. The molecule has 6 heteroatoms. The van der Waals surface area contributed by atoms with Crippen molar-refractivity contribution in [3.63, 3.8) is 0 Å². The fourth-order valence-electron chi connectivity index (χ4n) is 3.01. The Balaban J connectivity index is 1.27. The highest BCUT2D eigenvalue weighted by Gasteiger charge is 2.10. The summed E-state index contributed by atoms with van der Waals surface area (Å²) in [6, 6.07) is 20.0. The third-order valence-electron chi connectivity index (χ3n) is 4.54. The number of thiophene rings is 1. The van der Waals surface area contributed by atoms with Crippen LogP contribution in [0.25, 0.3) is 11.3 Å². The normalized spacial score (nSPS) is 10.8. The number of nitrogens with one attached hydrogen (secondary N) is 1. The van der Waals surface area contributed by atoms with Crippen molar-refractivity contribution in [1.82, 2.24) is 4.98 Å². The van der Waals surface area contributed by atoms with Gasteiger partial charge in [0.05, 0.1) is 11.9 Å². The van der Waals surface area contributed by atoms with Crippen LogP contribution >= 0.6 is 23.1 Å². The molecule has 1 amide bonds. The molecule has 0 atom stereocenters. The minimum Gasteiger partial charge on any atom is -0.441 e. The van der Waals surface area contributed by atoms with Gasteiger partial charge in [0.15, 0.2) is 11.7 Å². The highest BCUT2D eigenvalue weighted by molar-refractivity contribution is 7.98. The van der Waals surface area contributed by atoms with E-state index in [0.717, 1.165) is 27.7 Å². The Labute approximate surface area is 184 Å². The maximum Gasteiger partial charge on any atom is 0.224 e. The number of amides is 1. The van der Waals surface area contributed by atoms with Gasteiger partial charge < -0.3 is 9.73 Å². The van der Waals surface area contributed by atoms with Crippen LogP contribution in [-0.2, 0) is 17.0 Å². The Kier molecular flexibility index (Phi) is 7.00. The van der Waals surface area contributed by atoms with Crippen LogP contribution in [0.15, 0.2) is 86.9 Å². The van der Waals surface area contributed by atoms with Crippen molar-refractivity contribution in [2.45, 2.75) is 29.9 Å². The lowest BCUT2D eigenvalue weighted by molar-refractivity contribution is -0.116. The number of anilines is 1. The van der Waals surface area contributed by atoms with E-state index in [0.29, 0.717) is 25.2 Å². The van der Waals surface area contributed by atoms with E-state index in [9.17, 15) is 4.79 Å². The first-order chi connectivity index (χ1) is 14.8. The molecule has 4 nitrogen and oxygen atoms in total. The van der Waals surface area contributed by atoms with Crippen LogP contribution in [0, 0.1) is 0 Å². The second-order valence-electron chi connectivity index (χ2n) is 6.80. The topological polar surface area (TPSA) is 55.1 Å². The van der Waals surface area contributed by atoms with Gasteiger partial charge >= 0.3 is 0 Å². The van der Waals surface area contributed by atoms with E-state index in [1.165, 1.54) is 5.56 Å². The van der Waals surface area contributed by atoms with E-state index in [2.05, 4.69) is 27.1 Å².